The van der Waals surface area contributed by atoms with Crippen molar-refractivity contribution in [2.75, 3.05) is 46.4 Å². The Labute approximate surface area is 264 Å². The second-order valence-corrected chi connectivity index (χ2v) is 8.72. The molecular weight excluding hydrogens is 612 g/mol. The molecule has 2 rings (SSSR count). The lowest BCUT2D eigenvalue weighted by Gasteiger charge is -2.08. The van der Waals surface area contributed by atoms with Gasteiger partial charge in [-0.15, -0.1) is 0 Å². The summed E-state index contributed by atoms with van der Waals surface area (Å²) >= 11 is 0. The molecule has 0 aliphatic heterocycles. The summed E-state index contributed by atoms with van der Waals surface area (Å²) in [6.45, 7) is 10.6. The van der Waals surface area contributed by atoms with E-state index in [1.807, 2.05) is 0 Å². The van der Waals surface area contributed by atoms with Crippen molar-refractivity contribution < 1.29 is 62.4 Å². The average molecular weight is 649 g/mol. The minimum absolute atomic E-state index is 0.0243. The van der Waals surface area contributed by atoms with E-state index < -0.39 is 34.8 Å². The second kappa shape index (κ2) is 20.9. The number of rotatable bonds is 13. The van der Waals surface area contributed by atoms with E-state index in [0.717, 1.165) is 13.0 Å². The molecule has 2 aromatic carbocycles. The van der Waals surface area contributed by atoms with Crippen LogP contribution in [-0.2, 0) is 33.3 Å². The van der Waals surface area contributed by atoms with Crippen molar-refractivity contribution in [3.63, 3.8) is 0 Å². The minimum atomic E-state index is -0.833. The highest BCUT2D eigenvalue weighted by molar-refractivity contribution is 5.91. The fourth-order valence-corrected chi connectivity index (χ4v) is 2.74. The Bertz CT molecular complexity index is 1430. The highest BCUT2D eigenvalue weighted by Crippen LogP contribution is 2.27. The molecule has 2 aromatic rings. The number of esters is 4. The van der Waals surface area contributed by atoms with Gasteiger partial charge in [-0.05, 0) is 38.1 Å². The van der Waals surface area contributed by atoms with Gasteiger partial charge >= 0.3 is 29.6 Å². The molecule has 0 fully saturated rings. The van der Waals surface area contributed by atoms with E-state index >= 15 is 0 Å². The lowest BCUT2D eigenvalue weighted by atomic mass is 10.2. The number of ether oxygens (including phenoxy) is 6. The Morgan fingerprint density at radius 2 is 1.11 bits per heavy atom. The molecule has 0 aliphatic rings. The van der Waals surface area contributed by atoms with Gasteiger partial charge in [0.05, 0.1) is 36.0 Å². The predicted octanol–water partition coefficient (Wildman–Crippen LogP) is 3.52. The fraction of sp³-hybridized carbons (Fsp3) is 0.300. The van der Waals surface area contributed by atoms with E-state index in [1.54, 1.807) is 6.07 Å². The zero-order valence-corrected chi connectivity index (χ0v) is 26.0. The van der Waals surface area contributed by atoms with Crippen LogP contribution in [-0.4, -0.2) is 80.5 Å². The van der Waals surface area contributed by atoms with Crippen molar-refractivity contribution >= 4 is 41.2 Å². The third-order valence-electron chi connectivity index (χ3n) is 4.88. The number of nitrogens with zero attached hydrogens (tertiary/aromatic N) is 1. The quantitative estimate of drug-likeness (QED) is 0.0602. The molecule has 0 spiro atoms. The molecule has 250 valence electrons. The second-order valence-electron chi connectivity index (χ2n) is 8.72. The molecule has 16 nitrogen and oxygen atoms in total. The van der Waals surface area contributed by atoms with Gasteiger partial charge < -0.3 is 39.3 Å². The van der Waals surface area contributed by atoms with Crippen molar-refractivity contribution in [2.24, 2.45) is 0 Å². The van der Waals surface area contributed by atoms with Crippen LogP contribution in [0.3, 0.4) is 0 Å². The average Bonchev–Trinajstić information content (AvgIpc) is 3.00. The Morgan fingerprint density at radius 3 is 1.48 bits per heavy atom. The number of hydrogen-bond acceptors (Lipinski definition) is 14. The van der Waals surface area contributed by atoms with Crippen LogP contribution < -0.4 is 15.2 Å². The van der Waals surface area contributed by atoms with Crippen molar-refractivity contribution in [1.82, 2.24) is 0 Å². The standard InChI is InChI=1S/C14H15NO7.C14H17NO5.C2H4O2/c1-9(2)13(16)21-6-7-22-14(17)10-4-5-11(15(18)19)12(8-10)20-3;1-9(2)13(16)19-6-7-20-14(17)10-4-5-11(15)12(8-10)18-3;1-2(3)4/h4-5,8H,1,6-7H2,2-3H3;4-5,8H,1,6-7,15H2,2-3H3;1H3,(H,3,4). The van der Waals surface area contributed by atoms with Gasteiger partial charge in [-0.2, -0.15) is 0 Å². The highest BCUT2D eigenvalue weighted by atomic mass is 16.6. The molecule has 0 saturated heterocycles. The molecule has 16 heteroatoms. The van der Waals surface area contributed by atoms with Gasteiger partial charge in [0, 0.05) is 30.2 Å². The van der Waals surface area contributed by atoms with Crippen LogP contribution in [0.2, 0.25) is 0 Å². The third kappa shape index (κ3) is 15.5. The number of methoxy groups -OCH3 is 2. The van der Waals surface area contributed by atoms with Crippen LogP contribution in [0, 0.1) is 10.1 Å². The van der Waals surface area contributed by atoms with Crippen LogP contribution in [0.1, 0.15) is 41.5 Å². The van der Waals surface area contributed by atoms with Crippen LogP contribution in [0.4, 0.5) is 11.4 Å². The van der Waals surface area contributed by atoms with Gasteiger partial charge in [-0.3, -0.25) is 14.9 Å². The maximum absolute atomic E-state index is 11.8. The van der Waals surface area contributed by atoms with E-state index in [4.69, 9.17) is 44.1 Å². The molecule has 0 atom stereocenters. The van der Waals surface area contributed by atoms with Crippen LogP contribution in [0.25, 0.3) is 0 Å². The maximum atomic E-state index is 11.8. The van der Waals surface area contributed by atoms with Gasteiger partial charge in [-0.25, -0.2) is 19.2 Å². The molecule has 0 heterocycles. The number of nitrogens with two attached hydrogens (primary N) is 1. The molecule has 3 N–H and O–H groups in total. The van der Waals surface area contributed by atoms with E-state index in [2.05, 4.69) is 13.2 Å². The van der Waals surface area contributed by atoms with Gasteiger partial charge in [0.25, 0.3) is 5.97 Å². The van der Waals surface area contributed by atoms with Gasteiger partial charge in [0.2, 0.25) is 0 Å². The number of aliphatic carboxylic acids is 1. The van der Waals surface area contributed by atoms with Crippen LogP contribution >= 0.6 is 0 Å². The van der Waals surface area contributed by atoms with Gasteiger partial charge in [-0.1, -0.05) is 13.2 Å². The van der Waals surface area contributed by atoms with E-state index in [-0.39, 0.29) is 49.0 Å². The topological polar surface area (TPSA) is 230 Å². The molecule has 0 unspecified atom stereocenters. The largest absolute Gasteiger partial charge is 0.495 e. The monoisotopic (exact) mass is 648 g/mol. The number of carboxylic acid groups (broad SMARTS) is 1. The normalized spacial score (nSPS) is 9.41. The summed E-state index contributed by atoms with van der Waals surface area (Å²) in [5.74, 6) is -2.83. The van der Waals surface area contributed by atoms with Crippen LogP contribution in [0.15, 0.2) is 60.7 Å². The number of carbonyl (C=O) groups excluding carboxylic acids is 4. The molecule has 0 radical (unpaired) electrons. The molecule has 0 amide bonds. The van der Waals surface area contributed by atoms with E-state index in [9.17, 15) is 29.3 Å². The zero-order chi connectivity index (χ0) is 35.4. The molecule has 0 aromatic heterocycles. The van der Waals surface area contributed by atoms with E-state index in [0.29, 0.717) is 22.6 Å². The summed E-state index contributed by atoms with van der Waals surface area (Å²) in [4.78, 5) is 64.8. The first-order valence-electron chi connectivity index (χ1n) is 13.0. The Balaban J connectivity index is 0.000000791. The summed E-state index contributed by atoms with van der Waals surface area (Å²) < 4.78 is 29.3. The zero-order valence-electron chi connectivity index (χ0n) is 26.0. The van der Waals surface area contributed by atoms with Crippen molar-refractivity contribution in [1.29, 1.82) is 0 Å². The number of benzene rings is 2. The number of carboxylic acids is 1. The van der Waals surface area contributed by atoms with Gasteiger partial charge in [0.15, 0.2) is 5.75 Å². The first-order valence-corrected chi connectivity index (χ1v) is 13.0. The SMILES string of the molecule is C=C(C)C(=O)OCCOC(=O)c1ccc(N)c(OC)c1.C=C(C)C(=O)OCCOC(=O)c1ccc([N+](=O)[O-])c(OC)c1.CC(=O)O. The summed E-state index contributed by atoms with van der Waals surface area (Å²) in [7, 11) is 2.71. The number of anilines is 1. The van der Waals surface area contributed by atoms with Crippen molar-refractivity contribution in [3.8, 4) is 11.5 Å². The van der Waals surface area contributed by atoms with Crippen molar-refractivity contribution in [2.45, 2.75) is 20.8 Å². The Kier molecular flexibility index (Phi) is 18.2. The minimum Gasteiger partial charge on any atom is -0.495 e. The molecule has 0 saturated carbocycles. The number of carbonyl (C=O) groups is 5. The molecule has 0 aliphatic carbocycles. The lowest BCUT2D eigenvalue weighted by molar-refractivity contribution is -0.385. The predicted molar refractivity (Wildman–Crippen MR) is 162 cm³/mol. The highest BCUT2D eigenvalue weighted by Gasteiger charge is 2.18. The maximum Gasteiger partial charge on any atom is 0.338 e. The fourth-order valence-electron chi connectivity index (χ4n) is 2.74. The number of nitro groups is 1. The lowest BCUT2D eigenvalue weighted by Crippen LogP contribution is -2.14. The molecule has 0 bridgehead atoms. The summed E-state index contributed by atoms with van der Waals surface area (Å²) in [5.41, 5.74) is 6.75. The first kappa shape index (κ1) is 40.1. The Hall–Kier alpha value is -5.93. The smallest absolute Gasteiger partial charge is 0.338 e. The summed E-state index contributed by atoms with van der Waals surface area (Å²) in [5, 5.41) is 18.2. The Morgan fingerprint density at radius 1 is 0.739 bits per heavy atom. The number of hydrogen-bond donors (Lipinski definition) is 2. The summed E-state index contributed by atoms with van der Waals surface area (Å²) in [6, 6.07) is 8.17. The van der Waals surface area contributed by atoms with E-state index in [1.165, 1.54) is 52.3 Å². The molecule has 46 heavy (non-hydrogen) atoms. The third-order valence-corrected chi connectivity index (χ3v) is 4.88. The van der Waals surface area contributed by atoms with Crippen molar-refractivity contribution in [3.05, 3.63) is 81.9 Å². The van der Waals surface area contributed by atoms with Crippen LogP contribution in [0.5, 0.6) is 11.5 Å². The first-order chi connectivity index (χ1) is 21.5. The van der Waals surface area contributed by atoms with Gasteiger partial charge in [0.1, 0.15) is 32.2 Å². The molecular formula is C30H36N2O14. The number of nitro benzene ring substituents is 1. The number of nitrogen functional groups attached to an aromatic ring is 1. The summed E-state index contributed by atoms with van der Waals surface area (Å²) in [6.07, 6.45) is 0.